The second-order valence-electron chi connectivity index (χ2n) is 5.92. The SMILES string of the molecule is CN(CC1CCCCN1)CC1Cc2ccccc2S1. The van der Waals surface area contributed by atoms with E-state index in [0.717, 1.165) is 5.25 Å². The summed E-state index contributed by atoms with van der Waals surface area (Å²) in [4.78, 5) is 4.02. The van der Waals surface area contributed by atoms with Gasteiger partial charge in [-0.2, -0.15) is 0 Å². The molecule has 2 aliphatic rings. The topological polar surface area (TPSA) is 15.3 Å². The Bertz CT molecular complexity index is 390. The fourth-order valence-electron chi connectivity index (χ4n) is 3.23. The first kappa shape index (κ1) is 13.5. The Morgan fingerprint density at radius 2 is 2.16 bits per heavy atom. The van der Waals surface area contributed by atoms with Crippen LogP contribution in [0.15, 0.2) is 29.2 Å². The van der Waals surface area contributed by atoms with Gasteiger partial charge in [0.05, 0.1) is 0 Å². The van der Waals surface area contributed by atoms with Crippen LogP contribution in [0.5, 0.6) is 0 Å². The van der Waals surface area contributed by atoms with Gasteiger partial charge in [0.15, 0.2) is 0 Å². The minimum absolute atomic E-state index is 0.715. The third-order valence-electron chi connectivity index (χ3n) is 4.17. The van der Waals surface area contributed by atoms with Crippen LogP contribution in [0.4, 0.5) is 0 Å². The molecule has 2 aliphatic heterocycles. The molecule has 3 rings (SSSR count). The number of thioether (sulfide) groups is 1. The number of nitrogens with zero attached hydrogens (tertiary/aromatic N) is 1. The van der Waals surface area contributed by atoms with Gasteiger partial charge in [0.2, 0.25) is 0 Å². The number of piperidine rings is 1. The van der Waals surface area contributed by atoms with Gasteiger partial charge >= 0.3 is 0 Å². The average molecular weight is 276 g/mol. The molecule has 3 heteroatoms. The van der Waals surface area contributed by atoms with E-state index in [-0.39, 0.29) is 0 Å². The summed E-state index contributed by atoms with van der Waals surface area (Å²) < 4.78 is 0. The van der Waals surface area contributed by atoms with Gasteiger partial charge in [-0.15, -0.1) is 11.8 Å². The molecule has 0 saturated carbocycles. The summed E-state index contributed by atoms with van der Waals surface area (Å²) >= 11 is 2.06. The molecule has 1 aromatic carbocycles. The minimum atomic E-state index is 0.715. The standard InChI is InChI=1S/C16H24N2S/c1-18(11-14-7-4-5-9-17-14)12-15-10-13-6-2-3-8-16(13)19-15/h2-3,6,8,14-15,17H,4-5,7,9-12H2,1H3. The lowest BCUT2D eigenvalue weighted by atomic mass is 10.0. The van der Waals surface area contributed by atoms with Crippen LogP contribution in [0.25, 0.3) is 0 Å². The summed E-state index contributed by atoms with van der Waals surface area (Å²) in [6, 6.07) is 9.59. The van der Waals surface area contributed by atoms with Crippen LogP contribution >= 0.6 is 11.8 Å². The largest absolute Gasteiger partial charge is 0.313 e. The van der Waals surface area contributed by atoms with Gasteiger partial charge in [-0.1, -0.05) is 24.6 Å². The minimum Gasteiger partial charge on any atom is -0.313 e. The third-order valence-corrected chi connectivity index (χ3v) is 5.47. The molecule has 0 amide bonds. The molecule has 1 aromatic rings. The predicted octanol–water partition coefficient (Wildman–Crippen LogP) is 2.78. The van der Waals surface area contributed by atoms with E-state index in [2.05, 4.69) is 53.3 Å². The highest BCUT2D eigenvalue weighted by atomic mass is 32.2. The van der Waals surface area contributed by atoms with Crippen molar-refractivity contribution in [2.75, 3.05) is 26.7 Å². The lowest BCUT2D eigenvalue weighted by Crippen LogP contribution is -2.43. The molecule has 104 valence electrons. The van der Waals surface area contributed by atoms with Crippen LogP contribution in [0.1, 0.15) is 24.8 Å². The van der Waals surface area contributed by atoms with Gasteiger partial charge in [-0.05, 0) is 44.5 Å². The van der Waals surface area contributed by atoms with Crippen molar-refractivity contribution in [3.8, 4) is 0 Å². The van der Waals surface area contributed by atoms with E-state index in [9.17, 15) is 0 Å². The first-order valence-corrected chi connectivity index (χ1v) is 8.36. The maximum absolute atomic E-state index is 3.64. The smallest absolute Gasteiger partial charge is 0.0263 e. The number of nitrogens with one attached hydrogen (secondary N) is 1. The van der Waals surface area contributed by atoms with E-state index in [1.807, 2.05) is 0 Å². The molecule has 2 nitrogen and oxygen atoms in total. The molecule has 1 fully saturated rings. The molecule has 1 N–H and O–H groups in total. The Morgan fingerprint density at radius 3 is 2.95 bits per heavy atom. The van der Waals surface area contributed by atoms with E-state index < -0.39 is 0 Å². The Hall–Kier alpha value is -0.510. The zero-order valence-corrected chi connectivity index (χ0v) is 12.6. The zero-order chi connectivity index (χ0) is 13.1. The first-order valence-electron chi connectivity index (χ1n) is 7.48. The summed E-state index contributed by atoms with van der Waals surface area (Å²) in [6.07, 6.45) is 5.34. The quantitative estimate of drug-likeness (QED) is 0.910. The fraction of sp³-hybridized carbons (Fsp3) is 0.625. The number of hydrogen-bond acceptors (Lipinski definition) is 3. The Balaban J connectivity index is 1.47. The van der Waals surface area contributed by atoms with Crippen molar-refractivity contribution in [3.63, 3.8) is 0 Å². The van der Waals surface area contributed by atoms with Gasteiger partial charge in [-0.3, -0.25) is 0 Å². The predicted molar refractivity (Wildman–Crippen MR) is 82.9 cm³/mol. The molecule has 0 spiro atoms. The van der Waals surface area contributed by atoms with Gasteiger partial charge in [0.25, 0.3) is 0 Å². The average Bonchev–Trinajstić information content (AvgIpc) is 2.81. The Kier molecular flexibility index (Phi) is 4.46. The van der Waals surface area contributed by atoms with Crippen molar-refractivity contribution < 1.29 is 0 Å². The molecule has 0 aliphatic carbocycles. The van der Waals surface area contributed by atoms with E-state index in [1.54, 1.807) is 5.56 Å². The van der Waals surface area contributed by atoms with Crippen molar-refractivity contribution >= 4 is 11.8 Å². The fourth-order valence-corrected chi connectivity index (χ4v) is 4.64. The Morgan fingerprint density at radius 1 is 1.26 bits per heavy atom. The highest BCUT2D eigenvalue weighted by molar-refractivity contribution is 8.00. The van der Waals surface area contributed by atoms with Crippen LogP contribution in [-0.2, 0) is 6.42 Å². The Labute approximate surface area is 121 Å². The van der Waals surface area contributed by atoms with Crippen LogP contribution in [0.2, 0.25) is 0 Å². The lowest BCUT2D eigenvalue weighted by molar-refractivity contribution is 0.263. The highest BCUT2D eigenvalue weighted by Crippen LogP contribution is 2.36. The molecular formula is C16H24N2S. The summed E-state index contributed by atoms with van der Waals surface area (Å²) in [7, 11) is 2.28. The van der Waals surface area contributed by atoms with Crippen LogP contribution in [-0.4, -0.2) is 42.9 Å². The van der Waals surface area contributed by atoms with Gasteiger partial charge < -0.3 is 10.2 Å². The molecular weight excluding hydrogens is 252 g/mol. The van der Waals surface area contributed by atoms with Gasteiger partial charge in [0.1, 0.15) is 0 Å². The van der Waals surface area contributed by atoms with E-state index in [1.165, 1.54) is 50.2 Å². The van der Waals surface area contributed by atoms with Crippen LogP contribution in [0, 0.1) is 0 Å². The number of rotatable bonds is 4. The number of benzene rings is 1. The summed E-state index contributed by atoms with van der Waals surface area (Å²) in [5.41, 5.74) is 1.54. The van der Waals surface area contributed by atoms with E-state index in [4.69, 9.17) is 0 Å². The van der Waals surface area contributed by atoms with Crippen molar-refractivity contribution in [1.29, 1.82) is 0 Å². The molecule has 2 heterocycles. The maximum Gasteiger partial charge on any atom is 0.0263 e. The van der Waals surface area contributed by atoms with E-state index in [0.29, 0.717) is 6.04 Å². The molecule has 1 saturated heterocycles. The van der Waals surface area contributed by atoms with Crippen molar-refractivity contribution in [2.24, 2.45) is 0 Å². The van der Waals surface area contributed by atoms with E-state index >= 15 is 0 Å². The highest BCUT2D eigenvalue weighted by Gasteiger charge is 2.24. The number of fused-ring (bicyclic) bond motifs is 1. The normalized spacial score (nSPS) is 26.6. The first-order chi connectivity index (χ1) is 9.31. The lowest BCUT2D eigenvalue weighted by Gasteiger charge is -2.29. The van der Waals surface area contributed by atoms with Gasteiger partial charge in [0, 0.05) is 29.3 Å². The summed E-state index contributed by atoms with van der Waals surface area (Å²) in [5, 5.41) is 4.39. The molecule has 2 unspecified atom stereocenters. The number of likely N-dealkylation sites (N-methyl/N-ethyl adjacent to an activating group) is 1. The van der Waals surface area contributed by atoms with Crippen molar-refractivity contribution in [1.82, 2.24) is 10.2 Å². The maximum atomic E-state index is 3.64. The second-order valence-corrected chi connectivity index (χ2v) is 7.26. The van der Waals surface area contributed by atoms with Crippen LogP contribution < -0.4 is 5.32 Å². The molecule has 0 radical (unpaired) electrons. The zero-order valence-electron chi connectivity index (χ0n) is 11.8. The summed E-state index contributed by atoms with van der Waals surface area (Å²) in [5.74, 6) is 0. The van der Waals surface area contributed by atoms with Crippen molar-refractivity contribution in [3.05, 3.63) is 29.8 Å². The monoisotopic (exact) mass is 276 g/mol. The van der Waals surface area contributed by atoms with Crippen LogP contribution in [0.3, 0.4) is 0 Å². The third kappa shape index (κ3) is 3.53. The summed E-state index contributed by atoms with van der Waals surface area (Å²) in [6.45, 7) is 3.62. The second kappa shape index (κ2) is 6.29. The van der Waals surface area contributed by atoms with Crippen molar-refractivity contribution in [2.45, 2.75) is 41.9 Å². The molecule has 2 atom stereocenters. The number of hydrogen-bond donors (Lipinski definition) is 1. The molecule has 0 aromatic heterocycles. The molecule has 19 heavy (non-hydrogen) atoms. The molecule has 0 bridgehead atoms. The van der Waals surface area contributed by atoms with Gasteiger partial charge in [-0.25, -0.2) is 0 Å².